The van der Waals surface area contributed by atoms with Crippen LogP contribution in [0.15, 0.2) is 72.3 Å². The molecule has 3 aromatic carbocycles. The predicted octanol–water partition coefficient (Wildman–Crippen LogP) is 4.06. The van der Waals surface area contributed by atoms with Crippen molar-refractivity contribution in [2.75, 3.05) is 21.3 Å². The molecule has 1 aliphatic heterocycles. The monoisotopic (exact) mass is 466 g/mol. The summed E-state index contributed by atoms with van der Waals surface area (Å²) in [5.41, 5.74) is 3.57. The Labute approximate surface area is 182 Å². The van der Waals surface area contributed by atoms with Gasteiger partial charge < -0.3 is 0 Å². The Bertz CT molecular complexity index is 1080. The van der Waals surface area contributed by atoms with Crippen LogP contribution >= 0.6 is 0 Å². The van der Waals surface area contributed by atoms with Gasteiger partial charge in [-0.3, -0.25) is 0 Å². The summed E-state index contributed by atoms with van der Waals surface area (Å²) in [6.07, 6.45) is 2.03. The summed E-state index contributed by atoms with van der Waals surface area (Å²) in [6, 6.07) is 21.6. The van der Waals surface area contributed by atoms with Gasteiger partial charge in [0, 0.05) is 0 Å². The third-order valence-corrected chi connectivity index (χ3v) is 7.96. The van der Waals surface area contributed by atoms with Crippen LogP contribution in [0.5, 0.6) is 17.2 Å². The SMILES string of the molecule is COc1cc(C2[Se]c3ccccc3C=C2C(=O)c2ccccc2)cc(OC)c1OC. The molecule has 0 N–H and O–H groups in total. The van der Waals surface area contributed by atoms with E-state index in [9.17, 15) is 4.79 Å². The Morgan fingerprint density at radius 1 is 0.833 bits per heavy atom. The molecule has 0 bridgehead atoms. The maximum absolute atomic E-state index is 13.5. The predicted molar refractivity (Wildman–Crippen MR) is 119 cm³/mol. The van der Waals surface area contributed by atoms with Crippen LogP contribution in [0.1, 0.15) is 26.3 Å². The van der Waals surface area contributed by atoms with Crippen LogP contribution in [0.25, 0.3) is 6.08 Å². The van der Waals surface area contributed by atoms with Gasteiger partial charge in [0.15, 0.2) is 0 Å². The van der Waals surface area contributed by atoms with E-state index in [1.807, 2.05) is 60.7 Å². The molecule has 0 aliphatic carbocycles. The fraction of sp³-hybridized carbons (Fsp3) is 0.160. The molecule has 1 aliphatic rings. The van der Waals surface area contributed by atoms with E-state index in [0.717, 1.165) is 16.7 Å². The first-order valence-corrected chi connectivity index (χ1v) is 11.4. The molecule has 1 atom stereocenters. The summed E-state index contributed by atoms with van der Waals surface area (Å²) < 4.78 is 17.9. The number of benzene rings is 3. The number of hydrogen-bond donors (Lipinski definition) is 0. The van der Waals surface area contributed by atoms with Crippen LogP contribution in [-0.2, 0) is 0 Å². The number of carbonyl (C=O) groups excluding carboxylic acids is 1. The topological polar surface area (TPSA) is 44.8 Å². The summed E-state index contributed by atoms with van der Waals surface area (Å²) in [5, 5.41) is 0. The van der Waals surface area contributed by atoms with E-state index in [4.69, 9.17) is 14.2 Å². The molecule has 0 fully saturated rings. The normalized spacial score (nSPS) is 15.0. The second-order valence-corrected chi connectivity index (χ2v) is 9.20. The zero-order valence-electron chi connectivity index (χ0n) is 17.0. The van der Waals surface area contributed by atoms with E-state index >= 15 is 0 Å². The Hall–Kier alpha value is -3.01. The van der Waals surface area contributed by atoms with Crippen molar-refractivity contribution in [2.45, 2.75) is 4.82 Å². The molecule has 0 saturated heterocycles. The molecule has 5 heteroatoms. The fourth-order valence-corrected chi connectivity index (χ4v) is 6.20. The van der Waals surface area contributed by atoms with Gasteiger partial charge in [-0.05, 0) is 0 Å². The van der Waals surface area contributed by atoms with Crippen molar-refractivity contribution < 1.29 is 19.0 Å². The minimum atomic E-state index is -0.0613. The second-order valence-electron chi connectivity index (χ2n) is 6.79. The van der Waals surface area contributed by atoms with Gasteiger partial charge in [-0.2, -0.15) is 0 Å². The number of rotatable bonds is 6. The van der Waals surface area contributed by atoms with Crippen molar-refractivity contribution in [3.8, 4) is 17.2 Å². The number of fused-ring (bicyclic) bond motifs is 1. The first kappa shape index (κ1) is 20.3. The first-order chi connectivity index (χ1) is 14.7. The van der Waals surface area contributed by atoms with Crippen molar-refractivity contribution >= 4 is 31.3 Å². The van der Waals surface area contributed by atoms with E-state index < -0.39 is 0 Å². The number of carbonyl (C=O) groups is 1. The van der Waals surface area contributed by atoms with Gasteiger partial charge in [0.05, 0.1) is 0 Å². The third kappa shape index (κ3) is 3.74. The molecule has 4 nitrogen and oxygen atoms in total. The second kappa shape index (κ2) is 8.78. The number of allylic oxidation sites excluding steroid dienone is 1. The zero-order chi connectivity index (χ0) is 21.1. The molecule has 3 aromatic rings. The van der Waals surface area contributed by atoms with Crippen molar-refractivity contribution in [3.05, 3.63) is 89.0 Å². The van der Waals surface area contributed by atoms with Gasteiger partial charge in [0.1, 0.15) is 0 Å². The van der Waals surface area contributed by atoms with Crippen molar-refractivity contribution in [3.63, 3.8) is 0 Å². The average molecular weight is 465 g/mol. The van der Waals surface area contributed by atoms with E-state index in [2.05, 4.69) is 12.1 Å². The van der Waals surface area contributed by atoms with Crippen LogP contribution in [-0.4, -0.2) is 42.1 Å². The molecule has 0 radical (unpaired) electrons. The Balaban J connectivity index is 1.86. The first-order valence-electron chi connectivity index (χ1n) is 9.53. The molecule has 152 valence electrons. The molecule has 0 aromatic heterocycles. The van der Waals surface area contributed by atoms with E-state index in [-0.39, 0.29) is 25.6 Å². The average Bonchev–Trinajstić information content (AvgIpc) is 2.82. The molecule has 1 heterocycles. The van der Waals surface area contributed by atoms with Gasteiger partial charge >= 0.3 is 183 Å². The van der Waals surface area contributed by atoms with E-state index in [0.29, 0.717) is 22.8 Å². The number of Topliss-reactive ketones (excluding diaryl/α,β-unsaturated/α-hetero) is 1. The number of ketones is 1. The molecular weight excluding hydrogens is 443 g/mol. The maximum atomic E-state index is 13.5. The van der Waals surface area contributed by atoms with Gasteiger partial charge in [-0.1, -0.05) is 0 Å². The minimum absolute atomic E-state index is 0.0235. The summed E-state index contributed by atoms with van der Waals surface area (Å²) in [4.78, 5) is 13.4. The Kier molecular flexibility index (Phi) is 5.93. The van der Waals surface area contributed by atoms with Gasteiger partial charge in [-0.15, -0.1) is 0 Å². The molecule has 1 unspecified atom stereocenters. The van der Waals surface area contributed by atoms with Crippen LogP contribution in [0.2, 0.25) is 0 Å². The van der Waals surface area contributed by atoms with Crippen LogP contribution in [0.4, 0.5) is 0 Å². The fourth-order valence-electron chi connectivity index (χ4n) is 3.58. The van der Waals surface area contributed by atoms with Crippen LogP contribution < -0.4 is 18.7 Å². The third-order valence-electron chi connectivity index (χ3n) is 5.05. The van der Waals surface area contributed by atoms with Crippen LogP contribution in [0, 0.1) is 0 Å². The quantitative estimate of drug-likeness (QED) is 0.407. The van der Waals surface area contributed by atoms with Gasteiger partial charge in [-0.25, -0.2) is 0 Å². The van der Waals surface area contributed by atoms with Crippen LogP contribution in [0.3, 0.4) is 0 Å². The van der Waals surface area contributed by atoms with Crippen molar-refractivity contribution in [1.29, 1.82) is 0 Å². The molecule has 0 amide bonds. The summed E-state index contributed by atoms with van der Waals surface area (Å²) in [5.74, 6) is 1.78. The van der Waals surface area contributed by atoms with E-state index in [1.54, 1.807) is 21.3 Å². The van der Waals surface area contributed by atoms with Crippen molar-refractivity contribution in [1.82, 2.24) is 0 Å². The zero-order valence-corrected chi connectivity index (χ0v) is 18.8. The Morgan fingerprint density at radius 3 is 2.10 bits per heavy atom. The number of ether oxygens (including phenoxy) is 3. The molecule has 0 saturated carbocycles. The molecule has 0 spiro atoms. The van der Waals surface area contributed by atoms with Gasteiger partial charge in [0.2, 0.25) is 0 Å². The molecule has 4 rings (SSSR count). The van der Waals surface area contributed by atoms with Crippen molar-refractivity contribution in [2.24, 2.45) is 0 Å². The van der Waals surface area contributed by atoms with E-state index in [1.165, 1.54) is 4.46 Å². The summed E-state index contributed by atoms with van der Waals surface area (Å²) in [6.45, 7) is 0. The molecule has 30 heavy (non-hydrogen) atoms. The number of methoxy groups -OCH3 is 3. The summed E-state index contributed by atoms with van der Waals surface area (Å²) >= 11 is 0.0235. The van der Waals surface area contributed by atoms with Gasteiger partial charge in [0.25, 0.3) is 0 Å². The molecular formula is C25H22O4Se. The summed E-state index contributed by atoms with van der Waals surface area (Å²) in [7, 11) is 4.80. The Morgan fingerprint density at radius 2 is 1.47 bits per heavy atom. The standard InChI is InChI=1S/C25H22O4Se/c1-27-20-14-18(15-21(28-2)24(20)29-3)25-19(23(26)16-9-5-4-6-10-16)13-17-11-7-8-12-22(17)30-25/h4-15,25H,1-3H3. The number of hydrogen-bond acceptors (Lipinski definition) is 4.